The van der Waals surface area contributed by atoms with Gasteiger partial charge in [0.15, 0.2) is 17.3 Å². The van der Waals surface area contributed by atoms with E-state index in [1.54, 1.807) is 32.4 Å². The number of halogens is 2. The molecule has 0 aliphatic carbocycles. The van der Waals surface area contributed by atoms with Crippen molar-refractivity contribution in [3.8, 4) is 22.9 Å². The fourth-order valence-electron chi connectivity index (χ4n) is 5.77. The van der Waals surface area contributed by atoms with Gasteiger partial charge in [0, 0.05) is 42.9 Å². The zero-order chi connectivity index (χ0) is 30.1. The van der Waals surface area contributed by atoms with Gasteiger partial charge in [0.2, 0.25) is 5.82 Å². The van der Waals surface area contributed by atoms with Gasteiger partial charge in [-0.05, 0) is 74.2 Å². The molecule has 0 amide bonds. The smallest absolute Gasteiger partial charge is 0.373 e. The lowest BCUT2D eigenvalue weighted by Gasteiger charge is -2.33. The SMILES string of the molecule is COCCc1cc(-c2n[nH]c(C(=O)O)n2)cnc1CN1CCC(c2cccc3c2O[C@@](C)(c2ccc(Cl)cc2F)O3)CC1. The number of hydrogen-bond donors (Lipinski definition) is 2. The van der Waals surface area contributed by atoms with E-state index in [4.69, 9.17) is 35.9 Å². The summed E-state index contributed by atoms with van der Waals surface area (Å²) >= 11 is 5.96. The van der Waals surface area contributed by atoms with Crippen molar-refractivity contribution in [3.63, 3.8) is 0 Å². The molecule has 2 aromatic carbocycles. The van der Waals surface area contributed by atoms with E-state index in [-0.39, 0.29) is 17.6 Å². The molecule has 0 radical (unpaired) electrons. The van der Waals surface area contributed by atoms with Gasteiger partial charge in [-0.1, -0.05) is 23.7 Å². The van der Waals surface area contributed by atoms with Crippen LogP contribution in [0.3, 0.4) is 0 Å². The number of carboxylic acid groups (broad SMARTS) is 1. The monoisotopic (exact) mass is 607 g/mol. The van der Waals surface area contributed by atoms with E-state index in [2.05, 4.69) is 26.1 Å². The molecule has 0 unspecified atom stereocenters. The summed E-state index contributed by atoms with van der Waals surface area (Å²) in [7, 11) is 1.65. The summed E-state index contributed by atoms with van der Waals surface area (Å²) in [5.41, 5.74) is 3.94. The summed E-state index contributed by atoms with van der Waals surface area (Å²) in [4.78, 5) is 22.4. The third kappa shape index (κ3) is 5.93. The van der Waals surface area contributed by atoms with Crippen LogP contribution < -0.4 is 9.47 Å². The largest absolute Gasteiger partial charge is 0.475 e. The van der Waals surface area contributed by atoms with Gasteiger partial charge < -0.3 is 19.3 Å². The molecule has 224 valence electrons. The van der Waals surface area contributed by atoms with Gasteiger partial charge >= 0.3 is 5.97 Å². The number of nitrogens with zero attached hydrogens (tertiary/aromatic N) is 4. The summed E-state index contributed by atoms with van der Waals surface area (Å²) in [6.45, 7) is 4.62. The van der Waals surface area contributed by atoms with Crippen LogP contribution in [0.4, 0.5) is 4.39 Å². The summed E-state index contributed by atoms with van der Waals surface area (Å²) in [5.74, 6) is -1.35. The van der Waals surface area contributed by atoms with Gasteiger partial charge in [0.1, 0.15) is 5.82 Å². The zero-order valence-electron chi connectivity index (χ0n) is 23.8. The van der Waals surface area contributed by atoms with E-state index in [1.165, 1.54) is 6.07 Å². The number of fused-ring (bicyclic) bond motifs is 1. The quantitative estimate of drug-likeness (QED) is 0.251. The molecule has 2 aliphatic heterocycles. The maximum atomic E-state index is 14.8. The van der Waals surface area contributed by atoms with Crippen molar-refractivity contribution in [2.24, 2.45) is 0 Å². The number of piperidine rings is 1. The predicted octanol–water partition coefficient (Wildman–Crippen LogP) is 5.57. The maximum absolute atomic E-state index is 14.8. The highest BCUT2D eigenvalue weighted by Crippen LogP contribution is 2.49. The number of pyridine rings is 1. The molecule has 1 fully saturated rings. The number of aromatic nitrogens is 4. The molecule has 0 bridgehead atoms. The lowest BCUT2D eigenvalue weighted by molar-refractivity contribution is -0.0712. The Morgan fingerprint density at radius 1 is 1.23 bits per heavy atom. The van der Waals surface area contributed by atoms with E-state index >= 15 is 0 Å². The molecule has 4 aromatic rings. The lowest BCUT2D eigenvalue weighted by atomic mass is 9.88. The predicted molar refractivity (Wildman–Crippen MR) is 156 cm³/mol. The molecule has 2 N–H and O–H groups in total. The van der Waals surface area contributed by atoms with Gasteiger partial charge in [-0.3, -0.25) is 15.0 Å². The molecule has 1 saturated heterocycles. The number of benzene rings is 2. The minimum Gasteiger partial charge on any atom is -0.475 e. The Balaban J connectivity index is 1.15. The Morgan fingerprint density at radius 3 is 2.77 bits per heavy atom. The number of para-hydroxylation sites is 1. The number of ether oxygens (including phenoxy) is 3. The second kappa shape index (κ2) is 11.9. The average molecular weight is 608 g/mol. The van der Waals surface area contributed by atoms with E-state index in [0.717, 1.165) is 42.8 Å². The number of methoxy groups -OCH3 is 1. The van der Waals surface area contributed by atoms with Crippen molar-refractivity contribution in [1.82, 2.24) is 25.1 Å². The van der Waals surface area contributed by atoms with Crippen molar-refractivity contribution in [2.45, 2.75) is 44.4 Å². The number of carbonyl (C=O) groups is 1. The highest BCUT2D eigenvalue weighted by molar-refractivity contribution is 6.30. The summed E-state index contributed by atoms with van der Waals surface area (Å²) in [5, 5.41) is 15.9. The molecule has 0 spiro atoms. The molecule has 10 nitrogen and oxygen atoms in total. The Bertz CT molecular complexity index is 1660. The standard InChI is InChI=1S/C31H31ClFN5O5/c1-31(23-7-6-21(32)15-24(23)33)42-26-5-3-4-22(27(26)43-31)18-8-11-38(12-9-18)17-25-19(10-13-41-2)14-20(16-34-25)28-35-29(30(39)40)37-36-28/h3-7,14-16,18H,8-13,17H2,1-2H3,(H,39,40)(H,35,36,37)/t31-/m0/s1. The van der Waals surface area contributed by atoms with Crippen molar-refractivity contribution in [2.75, 3.05) is 26.8 Å². The van der Waals surface area contributed by atoms with Crippen LogP contribution in [-0.4, -0.2) is 62.9 Å². The number of likely N-dealkylation sites (tertiary alicyclic amines) is 1. The van der Waals surface area contributed by atoms with Crippen LogP contribution in [0, 0.1) is 5.82 Å². The van der Waals surface area contributed by atoms with Gasteiger partial charge in [-0.25, -0.2) is 14.2 Å². The number of H-pyrrole nitrogens is 1. The number of aromatic amines is 1. The normalized spacial score (nSPS) is 18.7. The highest BCUT2D eigenvalue weighted by Gasteiger charge is 2.43. The van der Waals surface area contributed by atoms with Crippen LogP contribution in [0.1, 0.15) is 58.7 Å². The van der Waals surface area contributed by atoms with Crippen LogP contribution in [0.15, 0.2) is 48.7 Å². The molecule has 0 saturated carbocycles. The zero-order valence-corrected chi connectivity index (χ0v) is 24.5. The maximum Gasteiger partial charge on any atom is 0.373 e. The topological polar surface area (TPSA) is 123 Å². The third-order valence-corrected chi connectivity index (χ3v) is 8.25. The first-order chi connectivity index (χ1) is 20.7. The minimum absolute atomic E-state index is 0.219. The Labute approximate surface area is 252 Å². The highest BCUT2D eigenvalue weighted by atomic mass is 35.5. The number of rotatable bonds is 9. The number of nitrogens with one attached hydrogen (secondary N) is 1. The lowest BCUT2D eigenvalue weighted by Crippen LogP contribution is -2.34. The first-order valence-electron chi connectivity index (χ1n) is 14.1. The second-order valence-corrected chi connectivity index (χ2v) is 11.3. The van der Waals surface area contributed by atoms with E-state index < -0.39 is 17.6 Å². The fraction of sp³-hybridized carbons (Fsp3) is 0.355. The van der Waals surface area contributed by atoms with Gasteiger partial charge in [-0.15, -0.1) is 0 Å². The van der Waals surface area contributed by atoms with Crippen LogP contribution >= 0.6 is 11.6 Å². The van der Waals surface area contributed by atoms with E-state index in [1.807, 2.05) is 18.2 Å². The van der Waals surface area contributed by atoms with E-state index in [0.29, 0.717) is 47.2 Å². The molecule has 12 heteroatoms. The minimum atomic E-state index is -1.29. The van der Waals surface area contributed by atoms with Crippen LogP contribution in [-0.2, 0) is 23.5 Å². The summed E-state index contributed by atoms with van der Waals surface area (Å²) in [6, 6.07) is 12.3. The van der Waals surface area contributed by atoms with Crippen LogP contribution in [0.25, 0.3) is 11.4 Å². The van der Waals surface area contributed by atoms with Gasteiger partial charge in [-0.2, -0.15) is 5.10 Å². The van der Waals surface area contributed by atoms with Crippen LogP contribution in [0.2, 0.25) is 5.02 Å². The summed E-state index contributed by atoms with van der Waals surface area (Å²) in [6.07, 6.45) is 4.15. The first-order valence-corrected chi connectivity index (χ1v) is 14.4. The number of aromatic carboxylic acids is 1. The molecule has 2 aliphatic rings. The first kappa shape index (κ1) is 29.0. The molecular formula is C31H31ClFN5O5. The molecule has 4 heterocycles. The molecule has 1 atom stereocenters. The Hall–Kier alpha value is -4.06. The number of carboxylic acids is 1. The van der Waals surface area contributed by atoms with E-state index in [9.17, 15) is 9.18 Å². The molecule has 6 rings (SSSR count). The molecule has 2 aromatic heterocycles. The van der Waals surface area contributed by atoms with Crippen molar-refractivity contribution < 1.29 is 28.5 Å². The third-order valence-electron chi connectivity index (χ3n) is 8.01. The van der Waals surface area contributed by atoms with Gasteiger partial charge in [0.25, 0.3) is 5.79 Å². The fourth-order valence-corrected chi connectivity index (χ4v) is 5.93. The Morgan fingerprint density at radius 2 is 2.05 bits per heavy atom. The second-order valence-electron chi connectivity index (χ2n) is 10.9. The molecule has 43 heavy (non-hydrogen) atoms. The van der Waals surface area contributed by atoms with Crippen molar-refractivity contribution in [1.29, 1.82) is 0 Å². The Kier molecular flexibility index (Phi) is 8.04. The molecular weight excluding hydrogens is 577 g/mol. The van der Waals surface area contributed by atoms with Crippen molar-refractivity contribution in [3.05, 3.63) is 87.7 Å². The van der Waals surface area contributed by atoms with Crippen LogP contribution in [0.5, 0.6) is 11.5 Å². The summed E-state index contributed by atoms with van der Waals surface area (Å²) < 4.78 is 32.6. The number of hydrogen-bond acceptors (Lipinski definition) is 8. The van der Waals surface area contributed by atoms with Gasteiger partial charge in [0.05, 0.1) is 17.9 Å². The van der Waals surface area contributed by atoms with Crippen molar-refractivity contribution >= 4 is 17.6 Å². The average Bonchev–Trinajstić information content (AvgIpc) is 3.62.